The predicted molar refractivity (Wildman–Crippen MR) is 47.7 cm³/mol. The van der Waals surface area contributed by atoms with Crippen LogP contribution in [0.2, 0.25) is 0 Å². The number of carbonyl (C=O) groups is 1. The molecule has 1 aliphatic rings. The van der Waals surface area contributed by atoms with Gasteiger partial charge in [0.1, 0.15) is 6.23 Å². The molecule has 13 heavy (non-hydrogen) atoms. The number of hydrogen-bond donors (Lipinski definition) is 2. The number of carbonyl (C=O) groups excluding carboxylic acids is 1. The van der Waals surface area contributed by atoms with Crippen molar-refractivity contribution in [3.05, 3.63) is 11.3 Å². The monoisotopic (exact) mass is 185 g/mol. The number of rotatable bonds is 2. The van der Waals surface area contributed by atoms with Crippen molar-refractivity contribution < 1.29 is 14.6 Å². The highest BCUT2D eigenvalue weighted by Crippen LogP contribution is 2.18. The molecule has 0 saturated heterocycles. The molecule has 74 valence electrons. The van der Waals surface area contributed by atoms with Crippen LogP contribution in [0.4, 0.5) is 0 Å². The van der Waals surface area contributed by atoms with E-state index in [1.165, 1.54) is 0 Å². The summed E-state index contributed by atoms with van der Waals surface area (Å²) in [7, 11) is 0. The van der Waals surface area contributed by atoms with Crippen LogP contribution in [0, 0.1) is 0 Å². The van der Waals surface area contributed by atoms with Gasteiger partial charge in [0.25, 0.3) is 0 Å². The molecule has 1 aliphatic heterocycles. The lowest BCUT2D eigenvalue weighted by Crippen LogP contribution is -2.33. The Morgan fingerprint density at radius 3 is 3.00 bits per heavy atom. The number of ether oxygens (including phenoxy) is 1. The molecular formula is C9H15NO3. The van der Waals surface area contributed by atoms with Crippen molar-refractivity contribution in [2.45, 2.75) is 32.9 Å². The van der Waals surface area contributed by atoms with Crippen LogP contribution in [0.15, 0.2) is 11.3 Å². The SMILES string of the molecule is CCOC(=O)C1=C(C)NC(O)CC1. The molecule has 0 fully saturated rings. The van der Waals surface area contributed by atoms with Gasteiger partial charge in [0, 0.05) is 5.70 Å². The van der Waals surface area contributed by atoms with E-state index in [1.54, 1.807) is 13.8 Å². The fourth-order valence-corrected chi connectivity index (χ4v) is 1.35. The summed E-state index contributed by atoms with van der Waals surface area (Å²) in [4.78, 5) is 11.3. The Kier molecular flexibility index (Phi) is 3.31. The van der Waals surface area contributed by atoms with Crippen molar-refractivity contribution in [3.63, 3.8) is 0 Å². The summed E-state index contributed by atoms with van der Waals surface area (Å²) in [6.07, 6.45) is 0.614. The zero-order valence-corrected chi connectivity index (χ0v) is 7.96. The first kappa shape index (κ1) is 10.1. The Labute approximate surface area is 77.6 Å². The predicted octanol–water partition coefficient (Wildman–Crippen LogP) is 0.525. The second kappa shape index (κ2) is 4.28. The highest BCUT2D eigenvalue weighted by atomic mass is 16.5. The smallest absolute Gasteiger partial charge is 0.335 e. The van der Waals surface area contributed by atoms with Crippen molar-refractivity contribution in [2.75, 3.05) is 6.61 Å². The molecule has 0 bridgehead atoms. The van der Waals surface area contributed by atoms with Gasteiger partial charge in [0.05, 0.1) is 12.2 Å². The normalized spacial score (nSPS) is 22.5. The van der Waals surface area contributed by atoms with E-state index in [9.17, 15) is 9.90 Å². The van der Waals surface area contributed by atoms with E-state index in [0.29, 0.717) is 25.0 Å². The molecule has 2 N–H and O–H groups in total. The van der Waals surface area contributed by atoms with Gasteiger partial charge in [-0.25, -0.2) is 4.79 Å². The van der Waals surface area contributed by atoms with Crippen molar-refractivity contribution >= 4 is 5.97 Å². The van der Waals surface area contributed by atoms with Crippen LogP contribution in [-0.4, -0.2) is 23.9 Å². The van der Waals surface area contributed by atoms with Gasteiger partial charge in [0.2, 0.25) is 0 Å². The summed E-state index contributed by atoms with van der Waals surface area (Å²) in [5.74, 6) is -0.278. The third-order valence-corrected chi connectivity index (χ3v) is 2.03. The van der Waals surface area contributed by atoms with Crippen LogP contribution in [0.5, 0.6) is 0 Å². The molecule has 0 aromatic carbocycles. The minimum absolute atomic E-state index is 0.278. The van der Waals surface area contributed by atoms with Crippen LogP contribution in [-0.2, 0) is 9.53 Å². The lowest BCUT2D eigenvalue weighted by molar-refractivity contribution is -0.139. The quantitative estimate of drug-likeness (QED) is 0.616. The van der Waals surface area contributed by atoms with Crippen LogP contribution in [0.25, 0.3) is 0 Å². The van der Waals surface area contributed by atoms with Gasteiger partial charge < -0.3 is 15.2 Å². The van der Waals surface area contributed by atoms with Crippen LogP contribution in [0.3, 0.4) is 0 Å². The molecule has 4 nitrogen and oxygen atoms in total. The zero-order valence-electron chi connectivity index (χ0n) is 7.96. The molecule has 4 heteroatoms. The minimum Gasteiger partial charge on any atom is -0.463 e. The third-order valence-electron chi connectivity index (χ3n) is 2.03. The molecule has 1 rings (SSSR count). The van der Waals surface area contributed by atoms with Gasteiger partial charge >= 0.3 is 5.97 Å². The van der Waals surface area contributed by atoms with Crippen molar-refractivity contribution in [1.29, 1.82) is 0 Å². The summed E-state index contributed by atoms with van der Waals surface area (Å²) < 4.78 is 4.87. The van der Waals surface area contributed by atoms with E-state index in [-0.39, 0.29) is 5.97 Å². The maximum absolute atomic E-state index is 11.3. The molecular weight excluding hydrogens is 170 g/mol. The van der Waals surface area contributed by atoms with Crippen LogP contribution in [0.1, 0.15) is 26.7 Å². The van der Waals surface area contributed by atoms with Gasteiger partial charge in [-0.15, -0.1) is 0 Å². The van der Waals surface area contributed by atoms with Gasteiger partial charge in [-0.05, 0) is 26.7 Å². The van der Waals surface area contributed by atoms with Crippen LogP contribution >= 0.6 is 0 Å². The second-order valence-corrected chi connectivity index (χ2v) is 3.02. The van der Waals surface area contributed by atoms with Gasteiger partial charge in [0.15, 0.2) is 0 Å². The Morgan fingerprint density at radius 1 is 1.77 bits per heavy atom. The fraction of sp³-hybridized carbons (Fsp3) is 0.667. The van der Waals surface area contributed by atoms with Crippen molar-refractivity contribution in [1.82, 2.24) is 5.32 Å². The average molecular weight is 185 g/mol. The molecule has 0 aliphatic carbocycles. The molecule has 0 amide bonds. The molecule has 0 saturated carbocycles. The highest BCUT2D eigenvalue weighted by Gasteiger charge is 2.21. The summed E-state index contributed by atoms with van der Waals surface area (Å²) in [6, 6.07) is 0. The summed E-state index contributed by atoms with van der Waals surface area (Å²) in [6.45, 7) is 3.94. The van der Waals surface area contributed by atoms with Gasteiger partial charge in [-0.1, -0.05) is 0 Å². The largest absolute Gasteiger partial charge is 0.463 e. The number of hydrogen-bond acceptors (Lipinski definition) is 4. The number of aliphatic hydroxyl groups excluding tert-OH is 1. The Balaban J connectivity index is 2.67. The number of esters is 1. The molecule has 0 aromatic rings. The molecule has 0 radical (unpaired) electrons. The van der Waals surface area contributed by atoms with E-state index >= 15 is 0 Å². The van der Waals surface area contributed by atoms with Crippen molar-refractivity contribution in [2.24, 2.45) is 0 Å². The molecule has 1 unspecified atom stereocenters. The Hall–Kier alpha value is -1.03. The average Bonchev–Trinajstić information content (AvgIpc) is 2.04. The summed E-state index contributed by atoms with van der Waals surface area (Å²) in [5, 5.41) is 12.0. The van der Waals surface area contributed by atoms with E-state index < -0.39 is 6.23 Å². The highest BCUT2D eigenvalue weighted by molar-refractivity contribution is 5.89. The standard InChI is InChI=1S/C9H15NO3/c1-3-13-9(12)7-4-5-8(11)10-6(7)2/h8,10-11H,3-5H2,1-2H3. The number of aliphatic hydroxyl groups is 1. The van der Waals surface area contributed by atoms with Crippen molar-refractivity contribution in [3.8, 4) is 0 Å². The lowest BCUT2D eigenvalue weighted by atomic mass is 10.0. The zero-order chi connectivity index (χ0) is 9.84. The summed E-state index contributed by atoms with van der Waals surface area (Å²) >= 11 is 0. The second-order valence-electron chi connectivity index (χ2n) is 3.02. The summed E-state index contributed by atoms with van der Waals surface area (Å²) in [5.41, 5.74) is 1.37. The number of allylic oxidation sites excluding steroid dienone is 1. The Morgan fingerprint density at radius 2 is 2.46 bits per heavy atom. The first-order valence-electron chi connectivity index (χ1n) is 4.46. The molecule has 1 heterocycles. The van der Waals surface area contributed by atoms with E-state index in [0.717, 1.165) is 5.70 Å². The van der Waals surface area contributed by atoms with Gasteiger partial charge in [-0.3, -0.25) is 0 Å². The first-order chi connectivity index (χ1) is 6.15. The maximum atomic E-state index is 11.3. The maximum Gasteiger partial charge on any atom is 0.335 e. The van der Waals surface area contributed by atoms with Crippen LogP contribution < -0.4 is 5.32 Å². The molecule has 1 atom stereocenters. The van der Waals surface area contributed by atoms with E-state index in [2.05, 4.69) is 5.32 Å². The lowest BCUT2D eigenvalue weighted by Gasteiger charge is -2.23. The first-order valence-corrected chi connectivity index (χ1v) is 4.46. The third kappa shape index (κ3) is 2.45. The van der Waals surface area contributed by atoms with E-state index in [4.69, 9.17) is 4.74 Å². The Bertz CT molecular complexity index is 235. The molecule has 0 aromatic heterocycles. The topological polar surface area (TPSA) is 58.6 Å². The fourth-order valence-electron chi connectivity index (χ4n) is 1.35. The minimum atomic E-state index is -0.529. The number of nitrogens with one attached hydrogen (secondary N) is 1. The van der Waals surface area contributed by atoms with Gasteiger partial charge in [-0.2, -0.15) is 0 Å². The van der Waals surface area contributed by atoms with E-state index in [1.807, 2.05) is 0 Å². The molecule has 0 spiro atoms.